The van der Waals surface area contributed by atoms with Crippen molar-refractivity contribution in [1.29, 1.82) is 0 Å². The van der Waals surface area contributed by atoms with Crippen LogP contribution in [0.2, 0.25) is 0 Å². The standard InChI is InChI=1S/C23H28FNO2/c1-16-11-12-18(13-22(16)24)23-10-6-8-20(27-23)14-25(3)17(2)21-9-5-4-7-19(21)15-26/h5,9,11-13,15,20,23H,2,4,6-8,10,14H2,1,3H3. The Morgan fingerprint density at radius 3 is 2.96 bits per heavy atom. The predicted molar refractivity (Wildman–Crippen MR) is 106 cm³/mol. The Morgan fingerprint density at radius 1 is 1.41 bits per heavy atom. The number of nitrogens with zero attached hydrogens (tertiary/aromatic N) is 1. The summed E-state index contributed by atoms with van der Waals surface area (Å²) in [6.07, 6.45) is 9.60. The van der Waals surface area contributed by atoms with Gasteiger partial charge in [0.25, 0.3) is 0 Å². The first-order chi connectivity index (χ1) is 13.0. The van der Waals surface area contributed by atoms with Gasteiger partial charge in [-0.3, -0.25) is 4.79 Å². The lowest BCUT2D eigenvalue weighted by Crippen LogP contribution is -2.34. The van der Waals surface area contributed by atoms with Gasteiger partial charge < -0.3 is 9.64 Å². The molecule has 1 aliphatic carbocycles. The maximum atomic E-state index is 13.9. The molecule has 2 unspecified atom stereocenters. The molecule has 1 heterocycles. The maximum absolute atomic E-state index is 13.9. The van der Waals surface area contributed by atoms with Crippen molar-refractivity contribution in [2.45, 2.75) is 51.2 Å². The minimum absolute atomic E-state index is 0.0581. The van der Waals surface area contributed by atoms with Gasteiger partial charge in [0.1, 0.15) is 12.1 Å². The molecule has 1 aromatic rings. The van der Waals surface area contributed by atoms with Crippen LogP contribution in [-0.4, -0.2) is 30.9 Å². The third kappa shape index (κ3) is 4.56. The number of hydrogen-bond donors (Lipinski definition) is 0. The van der Waals surface area contributed by atoms with Crippen LogP contribution in [0.25, 0.3) is 0 Å². The lowest BCUT2D eigenvalue weighted by Gasteiger charge is -2.34. The molecular weight excluding hydrogens is 341 g/mol. The van der Waals surface area contributed by atoms with Crippen LogP contribution in [0.15, 0.2) is 53.8 Å². The van der Waals surface area contributed by atoms with E-state index in [1.165, 1.54) is 0 Å². The van der Waals surface area contributed by atoms with Crippen molar-refractivity contribution in [3.8, 4) is 0 Å². The van der Waals surface area contributed by atoms with Gasteiger partial charge >= 0.3 is 0 Å². The smallest absolute Gasteiger partial charge is 0.146 e. The number of benzene rings is 1. The first kappa shape index (κ1) is 19.6. The van der Waals surface area contributed by atoms with Crippen LogP contribution in [0.5, 0.6) is 0 Å². The van der Waals surface area contributed by atoms with Gasteiger partial charge in [0.2, 0.25) is 0 Å². The molecule has 2 aliphatic rings. The SMILES string of the molecule is C=C(C1=C(C=O)CCC=C1)N(C)CC1CCCC(c2ccc(C)c(F)c2)O1. The summed E-state index contributed by atoms with van der Waals surface area (Å²) in [6, 6.07) is 5.37. The van der Waals surface area contributed by atoms with Gasteiger partial charge in [0, 0.05) is 30.4 Å². The molecule has 0 aromatic heterocycles. The predicted octanol–water partition coefficient (Wildman–Crippen LogP) is 5.04. The van der Waals surface area contributed by atoms with Gasteiger partial charge in [-0.1, -0.05) is 30.9 Å². The molecule has 0 bridgehead atoms. The summed E-state index contributed by atoms with van der Waals surface area (Å²) < 4.78 is 20.2. The molecule has 3 rings (SSSR count). The number of likely N-dealkylation sites (N-methyl/N-ethyl adjacent to an activating group) is 1. The number of hydrogen-bond acceptors (Lipinski definition) is 3. The van der Waals surface area contributed by atoms with Crippen LogP contribution >= 0.6 is 0 Å². The molecule has 144 valence electrons. The van der Waals surface area contributed by atoms with Crippen molar-refractivity contribution in [3.63, 3.8) is 0 Å². The van der Waals surface area contributed by atoms with E-state index in [9.17, 15) is 9.18 Å². The molecule has 3 nitrogen and oxygen atoms in total. The highest BCUT2D eigenvalue weighted by Crippen LogP contribution is 2.33. The van der Waals surface area contributed by atoms with Gasteiger partial charge in [-0.15, -0.1) is 0 Å². The van der Waals surface area contributed by atoms with Crippen LogP contribution in [0.1, 0.15) is 49.3 Å². The Balaban J connectivity index is 1.65. The second-order valence-electron chi connectivity index (χ2n) is 7.51. The van der Waals surface area contributed by atoms with E-state index in [4.69, 9.17) is 4.74 Å². The molecule has 0 spiro atoms. The second-order valence-corrected chi connectivity index (χ2v) is 7.51. The van der Waals surface area contributed by atoms with Crippen LogP contribution < -0.4 is 0 Å². The van der Waals surface area contributed by atoms with E-state index < -0.39 is 0 Å². The number of ether oxygens (including phenoxy) is 1. The number of carbonyl (C=O) groups is 1. The highest BCUT2D eigenvalue weighted by molar-refractivity contribution is 5.78. The molecule has 0 radical (unpaired) electrons. The van der Waals surface area contributed by atoms with E-state index >= 15 is 0 Å². The summed E-state index contributed by atoms with van der Waals surface area (Å²) in [4.78, 5) is 13.4. The first-order valence-electron chi connectivity index (χ1n) is 9.66. The highest BCUT2D eigenvalue weighted by atomic mass is 19.1. The van der Waals surface area contributed by atoms with Crippen LogP contribution in [0, 0.1) is 12.7 Å². The Kier molecular flexibility index (Phi) is 6.27. The number of rotatable bonds is 6. The van der Waals surface area contributed by atoms with E-state index in [1.54, 1.807) is 13.0 Å². The summed E-state index contributed by atoms with van der Waals surface area (Å²) in [5, 5.41) is 0. The van der Waals surface area contributed by atoms with E-state index in [2.05, 4.69) is 17.6 Å². The zero-order valence-electron chi connectivity index (χ0n) is 16.2. The number of carbonyl (C=O) groups excluding carboxylic acids is 1. The third-order valence-corrected chi connectivity index (χ3v) is 5.52. The van der Waals surface area contributed by atoms with Crippen molar-refractivity contribution in [2.75, 3.05) is 13.6 Å². The van der Waals surface area contributed by atoms with Crippen molar-refractivity contribution in [3.05, 3.63) is 70.7 Å². The zero-order valence-corrected chi connectivity index (χ0v) is 16.2. The van der Waals surface area contributed by atoms with E-state index in [-0.39, 0.29) is 18.0 Å². The fourth-order valence-electron chi connectivity index (χ4n) is 3.80. The lowest BCUT2D eigenvalue weighted by molar-refractivity contribution is -0.105. The topological polar surface area (TPSA) is 29.5 Å². The van der Waals surface area contributed by atoms with Crippen molar-refractivity contribution >= 4 is 6.29 Å². The fourth-order valence-corrected chi connectivity index (χ4v) is 3.80. The average Bonchev–Trinajstić information content (AvgIpc) is 2.69. The van der Waals surface area contributed by atoms with Gasteiger partial charge in [-0.2, -0.15) is 0 Å². The Hall–Kier alpha value is -2.20. The Morgan fingerprint density at radius 2 is 2.22 bits per heavy atom. The van der Waals surface area contributed by atoms with Gasteiger partial charge in [0.05, 0.1) is 12.2 Å². The van der Waals surface area contributed by atoms with E-state index in [0.29, 0.717) is 12.1 Å². The summed E-state index contributed by atoms with van der Waals surface area (Å²) >= 11 is 0. The lowest BCUT2D eigenvalue weighted by atomic mass is 9.95. The largest absolute Gasteiger partial charge is 0.372 e. The first-order valence-corrected chi connectivity index (χ1v) is 9.66. The summed E-state index contributed by atoms with van der Waals surface area (Å²) in [7, 11) is 1.98. The van der Waals surface area contributed by atoms with E-state index in [0.717, 1.165) is 60.8 Å². The summed E-state index contributed by atoms with van der Waals surface area (Å²) in [6.45, 7) is 6.66. The molecule has 27 heavy (non-hydrogen) atoms. The number of halogens is 1. The zero-order chi connectivity index (χ0) is 19.4. The van der Waals surface area contributed by atoms with Gasteiger partial charge in [-0.05, 0) is 56.2 Å². The molecular formula is C23H28FNO2. The molecule has 4 heteroatoms. The Labute approximate surface area is 161 Å². The fraction of sp³-hybridized carbons (Fsp3) is 0.435. The molecule has 1 fully saturated rings. The van der Waals surface area contributed by atoms with Crippen LogP contribution in [0.3, 0.4) is 0 Å². The quantitative estimate of drug-likeness (QED) is 0.658. The molecule has 1 aliphatic heterocycles. The van der Waals surface area contributed by atoms with E-state index in [1.807, 2.05) is 25.3 Å². The molecule has 0 saturated carbocycles. The summed E-state index contributed by atoms with van der Waals surface area (Å²) in [5.74, 6) is -0.180. The average molecular weight is 369 g/mol. The van der Waals surface area contributed by atoms with Gasteiger partial charge in [0.15, 0.2) is 0 Å². The molecule has 1 saturated heterocycles. The van der Waals surface area contributed by atoms with Crippen LogP contribution in [0.4, 0.5) is 4.39 Å². The van der Waals surface area contributed by atoms with Crippen molar-refractivity contribution in [2.24, 2.45) is 0 Å². The molecule has 1 aromatic carbocycles. The van der Waals surface area contributed by atoms with Crippen LogP contribution in [-0.2, 0) is 9.53 Å². The summed E-state index contributed by atoms with van der Waals surface area (Å²) in [5.41, 5.74) is 4.14. The minimum atomic E-state index is -0.180. The maximum Gasteiger partial charge on any atom is 0.146 e. The number of aryl methyl sites for hydroxylation is 1. The highest BCUT2D eigenvalue weighted by Gasteiger charge is 2.26. The monoisotopic (exact) mass is 369 g/mol. The normalized spacial score (nSPS) is 22.6. The molecule has 0 amide bonds. The van der Waals surface area contributed by atoms with Crippen molar-refractivity contribution in [1.82, 2.24) is 4.90 Å². The second kappa shape index (κ2) is 8.66. The number of allylic oxidation sites excluding steroid dienone is 3. The van der Waals surface area contributed by atoms with Gasteiger partial charge in [-0.25, -0.2) is 4.39 Å². The number of aldehydes is 1. The molecule has 2 atom stereocenters. The third-order valence-electron chi connectivity index (χ3n) is 5.52. The minimum Gasteiger partial charge on any atom is -0.372 e. The molecule has 0 N–H and O–H groups in total. The van der Waals surface area contributed by atoms with Crippen molar-refractivity contribution < 1.29 is 13.9 Å². The Bertz CT molecular complexity index is 781.